The van der Waals surface area contributed by atoms with Crippen molar-refractivity contribution < 1.29 is 4.79 Å². The van der Waals surface area contributed by atoms with Gasteiger partial charge < -0.3 is 10.6 Å². The minimum absolute atomic E-state index is 0.256. The molecule has 6 nitrogen and oxygen atoms in total. The number of hydrogen-bond acceptors (Lipinski definition) is 5. The summed E-state index contributed by atoms with van der Waals surface area (Å²) in [4.78, 5) is 16.8. The van der Waals surface area contributed by atoms with Crippen LogP contribution in [0.1, 0.15) is 66.7 Å². The number of benzene rings is 1. The number of nitrogens with one attached hydrogen (secondary N) is 2. The number of pyridine rings is 1. The van der Waals surface area contributed by atoms with Crippen LogP contribution in [-0.4, -0.2) is 21.1 Å². The highest BCUT2D eigenvalue weighted by Crippen LogP contribution is 2.32. The number of rotatable bonds is 7. The van der Waals surface area contributed by atoms with E-state index in [9.17, 15) is 4.79 Å². The molecule has 0 unspecified atom stereocenters. The molecule has 0 fully saturated rings. The molecule has 1 aromatic carbocycles. The molecule has 150 valence electrons. The fourth-order valence-corrected chi connectivity index (χ4v) is 3.11. The number of para-hydroxylation sites is 1. The number of amides is 1. The van der Waals surface area contributed by atoms with Gasteiger partial charge in [-0.1, -0.05) is 45.9 Å². The molecule has 0 saturated heterocycles. The Hall–Kier alpha value is -3.28. The zero-order valence-corrected chi connectivity index (χ0v) is 17.3. The van der Waals surface area contributed by atoms with Gasteiger partial charge in [0.05, 0.1) is 0 Å². The second-order valence-corrected chi connectivity index (χ2v) is 7.59. The van der Waals surface area contributed by atoms with Crippen LogP contribution in [0.25, 0.3) is 0 Å². The lowest BCUT2D eigenvalue weighted by atomic mass is 9.92. The zero-order chi connectivity index (χ0) is 20.8. The van der Waals surface area contributed by atoms with Gasteiger partial charge >= 0.3 is 0 Å². The van der Waals surface area contributed by atoms with E-state index in [1.165, 1.54) is 0 Å². The predicted octanol–water partition coefficient (Wildman–Crippen LogP) is 4.98. The second kappa shape index (κ2) is 9.28. The Balaban J connectivity index is 1.73. The first-order valence-corrected chi connectivity index (χ1v) is 9.86. The van der Waals surface area contributed by atoms with Crippen molar-refractivity contribution in [2.24, 2.45) is 0 Å². The van der Waals surface area contributed by atoms with E-state index < -0.39 is 0 Å². The van der Waals surface area contributed by atoms with Crippen LogP contribution in [0.15, 0.2) is 54.9 Å². The Bertz CT molecular complexity index is 927. The van der Waals surface area contributed by atoms with Gasteiger partial charge in [0.25, 0.3) is 5.91 Å². The molecular weight excluding hydrogens is 362 g/mol. The molecule has 2 N–H and O–H groups in total. The van der Waals surface area contributed by atoms with E-state index >= 15 is 0 Å². The maximum absolute atomic E-state index is 12.8. The standard InChI is InChI=1S/C23H27N5O/c1-15(2)18-6-5-7-19(16(3)4)22(18)26-23(29)20-8-9-21(28-27-20)25-14-17-10-12-24-13-11-17/h5-13,15-16H,14H2,1-4H3,(H,25,28)(H,26,29). The molecular formula is C23H27N5O. The smallest absolute Gasteiger partial charge is 0.276 e. The topological polar surface area (TPSA) is 79.8 Å². The maximum atomic E-state index is 12.8. The van der Waals surface area contributed by atoms with Crippen LogP contribution >= 0.6 is 0 Å². The molecule has 6 heteroatoms. The summed E-state index contributed by atoms with van der Waals surface area (Å²) in [6.45, 7) is 9.11. The molecule has 0 bridgehead atoms. The van der Waals surface area contributed by atoms with Gasteiger partial charge in [-0.25, -0.2) is 0 Å². The van der Waals surface area contributed by atoms with Crippen LogP contribution < -0.4 is 10.6 Å². The van der Waals surface area contributed by atoms with Gasteiger partial charge in [0, 0.05) is 24.6 Å². The van der Waals surface area contributed by atoms with E-state index in [1.807, 2.05) is 18.2 Å². The lowest BCUT2D eigenvalue weighted by Crippen LogP contribution is -2.18. The molecule has 0 radical (unpaired) electrons. The number of carbonyl (C=O) groups excluding carboxylic acids is 1. The van der Waals surface area contributed by atoms with Gasteiger partial charge in [0.15, 0.2) is 5.69 Å². The quantitative estimate of drug-likeness (QED) is 0.595. The molecule has 0 saturated carbocycles. The summed E-state index contributed by atoms with van der Waals surface area (Å²) in [5, 5.41) is 14.5. The number of carbonyl (C=O) groups is 1. The second-order valence-electron chi connectivity index (χ2n) is 7.59. The first kappa shape index (κ1) is 20.5. The maximum Gasteiger partial charge on any atom is 0.276 e. The van der Waals surface area contributed by atoms with Crippen molar-refractivity contribution in [2.45, 2.75) is 46.1 Å². The monoisotopic (exact) mass is 389 g/mol. The highest BCUT2D eigenvalue weighted by molar-refractivity contribution is 6.03. The number of nitrogens with zero attached hydrogens (tertiary/aromatic N) is 3. The Kier molecular flexibility index (Phi) is 6.54. The number of aromatic nitrogens is 3. The van der Waals surface area contributed by atoms with Crippen molar-refractivity contribution in [1.29, 1.82) is 0 Å². The van der Waals surface area contributed by atoms with Crippen molar-refractivity contribution in [3.63, 3.8) is 0 Å². The molecule has 2 heterocycles. The number of hydrogen-bond donors (Lipinski definition) is 2. The lowest BCUT2D eigenvalue weighted by molar-refractivity contribution is 0.102. The van der Waals surface area contributed by atoms with Crippen LogP contribution in [0.4, 0.5) is 11.5 Å². The van der Waals surface area contributed by atoms with Gasteiger partial charge in [-0.2, -0.15) is 0 Å². The van der Waals surface area contributed by atoms with Crippen molar-refractivity contribution in [2.75, 3.05) is 10.6 Å². The summed E-state index contributed by atoms with van der Waals surface area (Å²) in [6.07, 6.45) is 3.49. The van der Waals surface area contributed by atoms with Crippen molar-refractivity contribution in [3.05, 3.63) is 77.2 Å². The Morgan fingerprint density at radius 3 is 2.10 bits per heavy atom. The van der Waals surface area contributed by atoms with E-state index in [4.69, 9.17) is 0 Å². The Labute approximate surface area is 171 Å². The molecule has 29 heavy (non-hydrogen) atoms. The van der Waals surface area contributed by atoms with E-state index in [-0.39, 0.29) is 11.6 Å². The zero-order valence-electron chi connectivity index (χ0n) is 17.3. The molecule has 2 aromatic heterocycles. The summed E-state index contributed by atoms with van der Waals surface area (Å²) in [5.41, 5.74) is 4.49. The first-order chi connectivity index (χ1) is 14.0. The summed E-state index contributed by atoms with van der Waals surface area (Å²) in [7, 11) is 0. The van der Waals surface area contributed by atoms with E-state index in [0.29, 0.717) is 24.2 Å². The molecule has 0 aliphatic carbocycles. The third-order valence-corrected chi connectivity index (χ3v) is 4.73. The molecule has 1 amide bonds. The van der Waals surface area contributed by atoms with Crippen molar-refractivity contribution in [3.8, 4) is 0 Å². The van der Waals surface area contributed by atoms with Gasteiger partial charge in [0.2, 0.25) is 0 Å². The normalized spacial score (nSPS) is 11.0. The minimum Gasteiger partial charge on any atom is -0.365 e. The summed E-state index contributed by atoms with van der Waals surface area (Å²) in [6, 6.07) is 13.5. The third-order valence-electron chi connectivity index (χ3n) is 4.73. The molecule has 0 spiro atoms. The van der Waals surface area contributed by atoms with Crippen LogP contribution in [0.3, 0.4) is 0 Å². The highest BCUT2D eigenvalue weighted by atomic mass is 16.1. The van der Waals surface area contributed by atoms with Crippen LogP contribution in [0.2, 0.25) is 0 Å². The fourth-order valence-electron chi connectivity index (χ4n) is 3.11. The molecule has 0 atom stereocenters. The average Bonchev–Trinajstić information content (AvgIpc) is 2.73. The van der Waals surface area contributed by atoms with Gasteiger partial charge in [-0.05, 0) is 52.8 Å². The summed E-state index contributed by atoms with van der Waals surface area (Å²) >= 11 is 0. The third kappa shape index (κ3) is 5.16. The molecule has 0 aliphatic rings. The van der Waals surface area contributed by atoms with Crippen molar-refractivity contribution in [1.82, 2.24) is 15.2 Å². The van der Waals surface area contributed by atoms with E-state index in [0.717, 1.165) is 22.4 Å². The van der Waals surface area contributed by atoms with E-state index in [1.54, 1.807) is 24.5 Å². The molecule has 3 aromatic rings. The van der Waals surface area contributed by atoms with Crippen LogP contribution in [0.5, 0.6) is 0 Å². The fraction of sp³-hybridized carbons (Fsp3) is 0.304. The minimum atomic E-state index is -0.256. The highest BCUT2D eigenvalue weighted by Gasteiger charge is 2.17. The SMILES string of the molecule is CC(C)c1cccc(C(C)C)c1NC(=O)c1ccc(NCc2ccncc2)nn1. The number of anilines is 2. The predicted molar refractivity (Wildman–Crippen MR) is 116 cm³/mol. The van der Waals surface area contributed by atoms with Crippen LogP contribution in [-0.2, 0) is 6.54 Å². The van der Waals surface area contributed by atoms with Gasteiger partial charge in [-0.3, -0.25) is 9.78 Å². The lowest BCUT2D eigenvalue weighted by Gasteiger charge is -2.20. The largest absolute Gasteiger partial charge is 0.365 e. The van der Waals surface area contributed by atoms with Crippen molar-refractivity contribution >= 4 is 17.4 Å². The van der Waals surface area contributed by atoms with Gasteiger partial charge in [0.1, 0.15) is 5.82 Å². The van der Waals surface area contributed by atoms with Gasteiger partial charge in [-0.15, -0.1) is 10.2 Å². The molecule has 0 aliphatic heterocycles. The molecule has 3 rings (SSSR count). The Morgan fingerprint density at radius 1 is 0.897 bits per heavy atom. The first-order valence-electron chi connectivity index (χ1n) is 9.86. The average molecular weight is 390 g/mol. The van der Waals surface area contributed by atoms with E-state index in [2.05, 4.69) is 65.6 Å². The Morgan fingerprint density at radius 2 is 1.55 bits per heavy atom. The van der Waals surface area contributed by atoms with Crippen LogP contribution in [0, 0.1) is 0 Å². The summed E-state index contributed by atoms with van der Waals surface area (Å²) in [5.74, 6) is 0.960. The summed E-state index contributed by atoms with van der Waals surface area (Å²) < 4.78 is 0.